The number of hydrogen-bond acceptors (Lipinski definition) is 9. The van der Waals surface area contributed by atoms with Crippen LogP contribution < -0.4 is 10.4 Å². The molecule has 0 aliphatic rings. The van der Waals surface area contributed by atoms with Crippen LogP contribution in [0.15, 0.2) is 60.7 Å². The van der Waals surface area contributed by atoms with Crippen molar-refractivity contribution in [3.8, 4) is 0 Å². The summed E-state index contributed by atoms with van der Waals surface area (Å²) in [6.45, 7) is 10.1. The SMILES string of the molecule is CO[Si](C)(C)O[Si](O[Si](O[Si](C)(C)C)(c1ccccc1)c1ccccc1)([Si](C)(C)O[Si]O)[Si](O[Si])([Si]O)[Si]O. The van der Waals surface area contributed by atoms with Gasteiger partial charge in [-0.05, 0) is 56.2 Å². The van der Waals surface area contributed by atoms with Gasteiger partial charge in [-0.25, -0.2) is 0 Å². The topological polar surface area (TPSA) is 116 Å². The predicted molar refractivity (Wildman–Crippen MR) is 170 cm³/mol. The van der Waals surface area contributed by atoms with Crippen LogP contribution in [0, 0.1) is 0 Å². The highest BCUT2D eigenvalue weighted by Crippen LogP contribution is 2.37. The molecule has 1 unspecified atom stereocenters. The zero-order valence-corrected chi connectivity index (χ0v) is 33.6. The molecule has 39 heavy (non-hydrogen) atoms. The van der Waals surface area contributed by atoms with E-state index in [-0.39, 0.29) is 0 Å². The number of hydrogen-bond donors (Lipinski definition) is 3. The van der Waals surface area contributed by atoms with Gasteiger partial charge in [0.1, 0.15) is 0 Å². The van der Waals surface area contributed by atoms with Crippen LogP contribution in [0.1, 0.15) is 0 Å². The highest BCUT2D eigenvalue weighted by molar-refractivity contribution is 7.85. The smallest absolute Gasteiger partial charge is 0.418 e. The van der Waals surface area contributed by atoms with Gasteiger partial charge in [0.05, 0.1) is 0 Å². The highest BCUT2D eigenvalue weighted by atomic mass is 30.0. The van der Waals surface area contributed by atoms with Gasteiger partial charge in [0, 0.05) is 7.11 Å². The van der Waals surface area contributed by atoms with Crippen molar-refractivity contribution in [3.05, 3.63) is 60.7 Å². The fourth-order valence-corrected chi connectivity index (χ4v) is 83.0. The van der Waals surface area contributed by atoms with E-state index in [1.165, 1.54) is 0 Å². The van der Waals surface area contributed by atoms with Crippen LogP contribution in [0.2, 0.25) is 45.8 Å². The Morgan fingerprint density at radius 2 is 1.15 bits per heavy atom. The maximum atomic E-state index is 11.0. The summed E-state index contributed by atoms with van der Waals surface area (Å²) in [5.74, 6) is 0. The van der Waals surface area contributed by atoms with Crippen molar-refractivity contribution < 1.29 is 39.4 Å². The molecular formula is C20H37O9Si10. The minimum absolute atomic E-state index is 0.812. The summed E-state index contributed by atoms with van der Waals surface area (Å²) in [4.78, 5) is 32.1. The van der Waals surface area contributed by atoms with E-state index in [1.807, 2.05) is 86.9 Å². The molecule has 0 amide bonds. The second kappa shape index (κ2) is 14.1. The predicted octanol–water partition coefficient (Wildman–Crippen LogP) is 0.0851. The van der Waals surface area contributed by atoms with Gasteiger partial charge in [0.2, 0.25) is 36.9 Å². The Morgan fingerprint density at radius 1 is 0.692 bits per heavy atom. The van der Waals surface area contributed by atoms with Crippen molar-refractivity contribution in [2.24, 2.45) is 0 Å². The number of benzene rings is 2. The summed E-state index contributed by atoms with van der Waals surface area (Å²) in [7, 11) is -13.9. The fourth-order valence-electron chi connectivity index (χ4n) is 4.06. The van der Waals surface area contributed by atoms with Crippen LogP contribution in [0.5, 0.6) is 0 Å². The molecule has 0 saturated carbocycles. The average molecular weight is 702 g/mol. The Hall–Kier alpha value is 0.249. The third-order valence-corrected chi connectivity index (χ3v) is 64.7. The quantitative estimate of drug-likeness (QED) is 0.210. The van der Waals surface area contributed by atoms with Crippen LogP contribution in [-0.2, 0) is 25.0 Å². The molecule has 0 aliphatic heterocycles. The summed E-state index contributed by atoms with van der Waals surface area (Å²) in [6, 6.07) is 19.6. The molecule has 2 aromatic carbocycles. The first kappa shape index (κ1) is 35.4. The zero-order chi connectivity index (χ0) is 29.6. The third kappa shape index (κ3) is 7.80. The Morgan fingerprint density at radius 3 is 1.49 bits per heavy atom. The van der Waals surface area contributed by atoms with E-state index in [4.69, 9.17) is 25.0 Å². The minimum Gasteiger partial charge on any atom is -0.457 e. The van der Waals surface area contributed by atoms with Crippen LogP contribution in [0.25, 0.3) is 0 Å². The largest absolute Gasteiger partial charge is 0.457 e. The van der Waals surface area contributed by atoms with Crippen molar-refractivity contribution in [3.63, 3.8) is 0 Å². The summed E-state index contributed by atoms with van der Waals surface area (Å²) in [5.41, 5.74) is 0. The lowest BCUT2D eigenvalue weighted by Gasteiger charge is -2.55. The third-order valence-electron chi connectivity index (χ3n) is 5.95. The van der Waals surface area contributed by atoms with Crippen molar-refractivity contribution in [1.29, 1.82) is 0 Å². The lowest BCUT2D eigenvalue weighted by Crippen LogP contribution is -2.91. The van der Waals surface area contributed by atoms with E-state index in [0.29, 0.717) is 0 Å². The van der Waals surface area contributed by atoms with E-state index in [0.717, 1.165) is 10.4 Å². The van der Waals surface area contributed by atoms with Gasteiger partial charge in [0.15, 0.2) is 8.32 Å². The molecule has 19 heteroatoms. The van der Waals surface area contributed by atoms with Gasteiger partial charge in [-0.15, -0.1) is 0 Å². The Balaban J connectivity index is 3.16. The maximum Gasteiger partial charge on any atom is 0.418 e. The molecule has 0 spiro atoms. The van der Waals surface area contributed by atoms with Gasteiger partial charge in [-0.1, -0.05) is 60.7 Å². The Bertz CT molecular complexity index is 978. The molecule has 0 fully saturated rings. The lowest BCUT2D eigenvalue weighted by molar-refractivity contribution is 0.275. The minimum atomic E-state index is -4.03. The maximum absolute atomic E-state index is 11.0. The standard InChI is InChI=1S/C20H37O9Si10/c1-24-35(5,6)28-38(36(7,8)26-31-21,39(25-30,32-22)33-23)29-37(27-34(2,3)4,19-15-11-9-12-16-19)20-17-13-10-14-18-20/h9-18,21-23H,1-8H3. The van der Waals surface area contributed by atoms with Crippen LogP contribution in [0.3, 0.4) is 0 Å². The molecule has 3 N–H and O–H groups in total. The van der Waals surface area contributed by atoms with Gasteiger partial charge >= 0.3 is 34.7 Å². The normalized spacial score (nSPS) is 15.3. The van der Waals surface area contributed by atoms with Gasteiger partial charge in [0.25, 0.3) is 6.87 Å². The molecule has 0 aliphatic carbocycles. The van der Waals surface area contributed by atoms with Crippen molar-refractivity contribution in [1.82, 2.24) is 0 Å². The van der Waals surface area contributed by atoms with Gasteiger partial charge in [-0.3, -0.25) is 0 Å². The molecule has 211 valence electrons. The Kier molecular flexibility index (Phi) is 12.9. The number of rotatable bonds is 16. The molecule has 9 radical (unpaired) electrons. The molecular weight excluding hydrogens is 665 g/mol. The first-order valence-corrected chi connectivity index (χ1v) is 34.0. The van der Waals surface area contributed by atoms with Crippen LogP contribution >= 0.6 is 0 Å². The monoisotopic (exact) mass is 701 g/mol. The average Bonchev–Trinajstić information content (AvgIpc) is 2.89. The molecule has 2 aromatic rings. The summed E-state index contributed by atoms with van der Waals surface area (Å²) < 4.78 is 39.9. The van der Waals surface area contributed by atoms with E-state index >= 15 is 0 Å². The summed E-state index contributed by atoms with van der Waals surface area (Å²) in [6.07, 6.45) is 0. The molecule has 0 bridgehead atoms. The Labute approximate surface area is 249 Å². The highest BCUT2D eigenvalue weighted by Gasteiger charge is 2.76. The molecule has 2 rings (SSSR count). The summed E-state index contributed by atoms with van der Waals surface area (Å²) in [5, 5.41) is 1.71. The lowest BCUT2D eigenvalue weighted by atomic mass is 10.4. The molecule has 9 nitrogen and oxygen atoms in total. The molecule has 1 atom stereocenters. The van der Waals surface area contributed by atoms with Crippen molar-refractivity contribution in [2.45, 2.75) is 45.8 Å². The molecule has 0 aromatic heterocycles. The van der Waals surface area contributed by atoms with Crippen molar-refractivity contribution in [2.75, 3.05) is 7.11 Å². The van der Waals surface area contributed by atoms with E-state index < -0.39 is 76.3 Å². The fraction of sp³-hybridized carbons (Fsp3) is 0.400. The van der Waals surface area contributed by atoms with E-state index in [9.17, 15) is 14.4 Å². The zero-order valence-electron chi connectivity index (χ0n) is 23.6. The van der Waals surface area contributed by atoms with Crippen LogP contribution in [-0.4, -0.2) is 108 Å². The second-order valence-electron chi connectivity index (χ2n) is 10.7. The van der Waals surface area contributed by atoms with Crippen molar-refractivity contribution >= 4 is 97.2 Å². The van der Waals surface area contributed by atoms with Gasteiger partial charge in [-0.2, -0.15) is 0 Å². The van der Waals surface area contributed by atoms with Gasteiger partial charge < -0.3 is 39.4 Å². The molecule has 0 heterocycles. The second-order valence-corrected chi connectivity index (χ2v) is 52.1. The first-order chi connectivity index (χ1) is 18.1. The van der Waals surface area contributed by atoms with E-state index in [1.54, 1.807) is 7.11 Å². The van der Waals surface area contributed by atoms with E-state index in [2.05, 4.69) is 30.1 Å². The molecule has 0 saturated heterocycles. The first-order valence-electron chi connectivity index (χ1n) is 12.1. The van der Waals surface area contributed by atoms with Crippen LogP contribution in [0.4, 0.5) is 0 Å². The summed E-state index contributed by atoms with van der Waals surface area (Å²) >= 11 is 0.